The molecule has 0 amide bonds. The zero-order chi connectivity index (χ0) is 12.5. The van der Waals surface area contributed by atoms with Crippen molar-refractivity contribution in [2.75, 3.05) is 19.0 Å². The van der Waals surface area contributed by atoms with Gasteiger partial charge in [-0.05, 0) is 24.1 Å². The van der Waals surface area contributed by atoms with E-state index in [2.05, 4.69) is 48.2 Å². The standard InChI is InChI=1S/C8H11N.C8H10/c1-9(2)8-6-4-3-5-7-8;1-2-8-6-4-3-5-7-8/h3-7H,1-2H3;3-7H,2H2,1H3. The van der Waals surface area contributed by atoms with E-state index in [-0.39, 0.29) is 0 Å². The van der Waals surface area contributed by atoms with Gasteiger partial charge in [0.05, 0.1) is 0 Å². The predicted molar refractivity (Wildman–Crippen MR) is 76.6 cm³/mol. The highest BCUT2D eigenvalue weighted by Crippen LogP contribution is 2.07. The molecule has 0 radical (unpaired) electrons. The second-order valence-corrected chi connectivity index (χ2v) is 4.07. The molecule has 17 heavy (non-hydrogen) atoms. The van der Waals surface area contributed by atoms with Crippen LogP contribution in [0, 0.1) is 0 Å². The van der Waals surface area contributed by atoms with Gasteiger partial charge in [-0.15, -0.1) is 0 Å². The van der Waals surface area contributed by atoms with Crippen LogP contribution in [0.4, 0.5) is 5.69 Å². The predicted octanol–water partition coefficient (Wildman–Crippen LogP) is 4.00. The van der Waals surface area contributed by atoms with Crippen molar-refractivity contribution in [1.29, 1.82) is 0 Å². The molecule has 0 fully saturated rings. The van der Waals surface area contributed by atoms with Crippen molar-refractivity contribution in [2.24, 2.45) is 0 Å². The normalized spacial score (nSPS) is 9.12. The molecular weight excluding hydrogens is 206 g/mol. The molecule has 1 heteroatoms. The quantitative estimate of drug-likeness (QED) is 0.749. The SMILES string of the molecule is CCc1ccccc1.CN(C)c1ccccc1. The summed E-state index contributed by atoms with van der Waals surface area (Å²) in [6.07, 6.45) is 1.14. The molecule has 0 saturated heterocycles. The summed E-state index contributed by atoms with van der Waals surface area (Å²) in [4.78, 5) is 2.08. The van der Waals surface area contributed by atoms with Crippen LogP contribution in [0.15, 0.2) is 60.7 Å². The topological polar surface area (TPSA) is 3.24 Å². The summed E-state index contributed by atoms with van der Waals surface area (Å²) < 4.78 is 0. The summed E-state index contributed by atoms with van der Waals surface area (Å²) in [5.74, 6) is 0. The van der Waals surface area contributed by atoms with Gasteiger partial charge in [-0.25, -0.2) is 0 Å². The number of anilines is 1. The van der Waals surface area contributed by atoms with E-state index < -0.39 is 0 Å². The molecule has 0 N–H and O–H groups in total. The lowest BCUT2D eigenvalue weighted by Crippen LogP contribution is -2.07. The molecule has 0 aliphatic rings. The molecule has 1 nitrogen and oxygen atoms in total. The second kappa shape index (κ2) is 7.50. The molecule has 0 bridgehead atoms. The van der Waals surface area contributed by atoms with Crippen LogP contribution < -0.4 is 4.90 Å². The van der Waals surface area contributed by atoms with E-state index in [1.54, 1.807) is 0 Å². The van der Waals surface area contributed by atoms with Gasteiger partial charge in [-0.2, -0.15) is 0 Å². The molecule has 2 aromatic carbocycles. The summed E-state index contributed by atoms with van der Waals surface area (Å²) in [5.41, 5.74) is 2.66. The zero-order valence-corrected chi connectivity index (χ0v) is 10.9. The van der Waals surface area contributed by atoms with Crippen LogP contribution in [-0.2, 0) is 6.42 Å². The van der Waals surface area contributed by atoms with Gasteiger partial charge >= 0.3 is 0 Å². The molecule has 0 aliphatic carbocycles. The highest BCUT2D eigenvalue weighted by molar-refractivity contribution is 5.43. The van der Waals surface area contributed by atoms with Crippen LogP contribution in [0.25, 0.3) is 0 Å². The largest absolute Gasteiger partial charge is 0.378 e. The minimum absolute atomic E-state index is 1.14. The Morgan fingerprint density at radius 1 is 0.765 bits per heavy atom. The molecule has 90 valence electrons. The van der Waals surface area contributed by atoms with Crippen LogP contribution in [0.2, 0.25) is 0 Å². The number of rotatable bonds is 2. The Bertz CT molecular complexity index is 392. The van der Waals surface area contributed by atoms with Crippen molar-refractivity contribution in [3.05, 3.63) is 66.2 Å². The van der Waals surface area contributed by atoms with Gasteiger partial charge in [0.15, 0.2) is 0 Å². The van der Waals surface area contributed by atoms with Crippen molar-refractivity contribution in [1.82, 2.24) is 0 Å². The minimum atomic E-state index is 1.14. The Morgan fingerprint density at radius 2 is 1.24 bits per heavy atom. The molecule has 2 rings (SSSR count). The minimum Gasteiger partial charge on any atom is -0.378 e. The number of nitrogens with zero attached hydrogens (tertiary/aromatic N) is 1. The van der Waals surface area contributed by atoms with E-state index >= 15 is 0 Å². The Balaban J connectivity index is 0.000000171. The monoisotopic (exact) mass is 227 g/mol. The maximum atomic E-state index is 2.16. The van der Waals surface area contributed by atoms with E-state index in [4.69, 9.17) is 0 Å². The molecule has 0 aromatic heterocycles. The lowest BCUT2D eigenvalue weighted by atomic mass is 10.2. The number of hydrogen-bond acceptors (Lipinski definition) is 1. The smallest absolute Gasteiger partial charge is 0.0360 e. The van der Waals surface area contributed by atoms with Gasteiger partial charge in [0.25, 0.3) is 0 Å². The average molecular weight is 227 g/mol. The Kier molecular flexibility index (Phi) is 5.87. The van der Waals surface area contributed by atoms with E-state index in [0.29, 0.717) is 0 Å². The first-order valence-corrected chi connectivity index (χ1v) is 6.00. The molecule has 0 heterocycles. The van der Waals surface area contributed by atoms with Crippen LogP contribution in [0.3, 0.4) is 0 Å². The van der Waals surface area contributed by atoms with E-state index in [0.717, 1.165) is 6.42 Å². The third-order valence-electron chi connectivity index (χ3n) is 2.52. The third kappa shape index (κ3) is 5.21. The van der Waals surface area contributed by atoms with E-state index in [1.807, 2.05) is 38.4 Å². The first-order chi connectivity index (χ1) is 8.24. The molecule has 0 aliphatic heterocycles. The fourth-order valence-electron chi connectivity index (χ4n) is 1.44. The molecule has 0 unspecified atom stereocenters. The van der Waals surface area contributed by atoms with Crippen LogP contribution in [0.5, 0.6) is 0 Å². The molecule has 0 spiro atoms. The van der Waals surface area contributed by atoms with Crippen molar-refractivity contribution in [3.8, 4) is 0 Å². The van der Waals surface area contributed by atoms with Gasteiger partial charge < -0.3 is 4.90 Å². The summed E-state index contributed by atoms with van der Waals surface area (Å²) in [6.45, 7) is 2.16. The van der Waals surface area contributed by atoms with Gasteiger partial charge in [0.1, 0.15) is 0 Å². The third-order valence-corrected chi connectivity index (χ3v) is 2.52. The maximum absolute atomic E-state index is 2.16. The first-order valence-electron chi connectivity index (χ1n) is 6.00. The van der Waals surface area contributed by atoms with Crippen molar-refractivity contribution in [3.63, 3.8) is 0 Å². The molecular formula is C16H21N. The number of para-hydroxylation sites is 1. The lowest BCUT2D eigenvalue weighted by Gasteiger charge is -2.10. The number of hydrogen-bond donors (Lipinski definition) is 0. The van der Waals surface area contributed by atoms with Crippen LogP contribution >= 0.6 is 0 Å². The van der Waals surface area contributed by atoms with Gasteiger partial charge in [0.2, 0.25) is 0 Å². The highest BCUT2D eigenvalue weighted by atomic mass is 15.1. The van der Waals surface area contributed by atoms with E-state index in [1.165, 1.54) is 11.3 Å². The van der Waals surface area contributed by atoms with E-state index in [9.17, 15) is 0 Å². The fourth-order valence-corrected chi connectivity index (χ4v) is 1.44. The Morgan fingerprint density at radius 3 is 1.53 bits per heavy atom. The van der Waals surface area contributed by atoms with Gasteiger partial charge in [-0.1, -0.05) is 55.5 Å². The summed E-state index contributed by atoms with van der Waals surface area (Å²) in [7, 11) is 4.07. The fraction of sp³-hybridized carbons (Fsp3) is 0.250. The average Bonchev–Trinajstić information content (AvgIpc) is 2.41. The molecule has 0 atom stereocenters. The summed E-state index contributed by atoms with van der Waals surface area (Å²) in [6, 6.07) is 20.7. The molecule has 0 saturated carbocycles. The zero-order valence-electron chi connectivity index (χ0n) is 10.9. The Hall–Kier alpha value is -1.76. The van der Waals surface area contributed by atoms with Gasteiger partial charge in [0, 0.05) is 19.8 Å². The van der Waals surface area contributed by atoms with Crippen molar-refractivity contribution >= 4 is 5.69 Å². The Labute approximate surface area is 105 Å². The van der Waals surface area contributed by atoms with Gasteiger partial charge in [-0.3, -0.25) is 0 Å². The molecule has 2 aromatic rings. The summed E-state index contributed by atoms with van der Waals surface area (Å²) >= 11 is 0. The lowest BCUT2D eigenvalue weighted by molar-refractivity contribution is 1.13. The van der Waals surface area contributed by atoms with Crippen molar-refractivity contribution < 1.29 is 0 Å². The first kappa shape index (κ1) is 13.3. The maximum Gasteiger partial charge on any atom is 0.0360 e. The second-order valence-electron chi connectivity index (χ2n) is 4.07. The van der Waals surface area contributed by atoms with Crippen LogP contribution in [-0.4, -0.2) is 14.1 Å². The van der Waals surface area contributed by atoms with Crippen molar-refractivity contribution in [2.45, 2.75) is 13.3 Å². The number of aryl methyl sites for hydroxylation is 1. The van der Waals surface area contributed by atoms with Crippen LogP contribution in [0.1, 0.15) is 12.5 Å². The highest BCUT2D eigenvalue weighted by Gasteiger charge is 1.87. The summed E-state index contributed by atoms with van der Waals surface area (Å²) in [5, 5.41) is 0. The number of benzene rings is 2.